The Morgan fingerprint density at radius 2 is 2.29 bits per heavy atom. The van der Waals surface area contributed by atoms with Crippen molar-refractivity contribution in [3.63, 3.8) is 0 Å². The fraction of sp³-hybridized carbons (Fsp3) is 0.538. The van der Waals surface area contributed by atoms with E-state index in [1.165, 1.54) is 6.07 Å². The van der Waals surface area contributed by atoms with Gasteiger partial charge in [0.1, 0.15) is 5.82 Å². The zero-order valence-corrected chi connectivity index (χ0v) is 10.1. The number of piperidine rings is 1. The third-order valence-electron chi connectivity index (χ3n) is 3.56. The lowest BCUT2D eigenvalue weighted by Gasteiger charge is -2.36. The number of hydrogen-bond acceptors (Lipinski definition) is 3. The summed E-state index contributed by atoms with van der Waals surface area (Å²) in [7, 11) is 0. The molecule has 1 aliphatic rings. The predicted octanol–water partition coefficient (Wildman–Crippen LogP) is 1.49. The van der Waals surface area contributed by atoms with Gasteiger partial charge in [-0.05, 0) is 24.5 Å². The minimum Gasteiger partial charge on any atom is -0.391 e. The second kappa shape index (κ2) is 5.02. The minimum absolute atomic E-state index is 0.185. The molecule has 17 heavy (non-hydrogen) atoms. The number of hydrogen-bond donors (Lipinski definition) is 2. The molecule has 0 spiro atoms. The summed E-state index contributed by atoms with van der Waals surface area (Å²) in [5.41, 5.74) is 6.95. The molecular formula is C13H19FN2O. The molecular weight excluding hydrogens is 219 g/mol. The zero-order chi connectivity index (χ0) is 12.4. The Morgan fingerprint density at radius 3 is 2.94 bits per heavy atom. The Hall–Kier alpha value is -1.13. The SMILES string of the molecule is CC1CCN(c2cccc(F)c2CN)CC1O. The smallest absolute Gasteiger partial charge is 0.129 e. The molecule has 0 aromatic heterocycles. The molecule has 4 heteroatoms. The maximum Gasteiger partial charge on any atom is 0.129 e. The van der Waals surface area contributed by atoms with Crippen LogP contribution in [0.5, 0.6) is 0 Å². The van der Waals surface area contributed by atoms with Gasteiger partial charge < -0.3 is 15.7 Å². The number of aliphatic hydroxyl groups excluding tert-OH is 1. The van der Waals surface area contributed by atoms with E-state index in [4.69, 9.17) is 5.73 Å². The van der Waals surface area contributed by atoms with Crippen molar-refractivity contribution >= 4 is 5.69 Å². The molecule has 1 saturated heterocycles. The average Bonchev–Trinajstić information content (AvgIpc) is 2.32. The van der Waals surface area contributed by atoms with Crippen LogP contribution in [0.3, 0.4) is 0 Å². The summed E-state index contributed by atoms with van der Waals surface area (Å²) in [5.74, 6) is 0.0410. The molecule has 1 heterocycles. The number of rotatable bonds is 2. The van der Waals surface area contributed by atoms with E-state index < -0.39 is 0 Å². The summed E-state index contributed by atoms with van der Waals surface area (Å²) in [6.07, 6.45) is 0.569. The van der Waals surface area contributed by atoms with E-state index in [1.54, 1.807) is 6.07 Å². The lowest BCUT2D eigenvalue weighted by molar-refractivity contribution is 0.103. The Morgan fingerprint density at radius 1 is 1.53 bits per heavy atom. The number of halogens is 1. The molecule has 0 bridgehead atoms. The van der Waals surface area contributed by atoms with Gasteiger partial charge in [-0.25, -0.2) is 4.39 Å². The Kier molecular flexibility index (Phi) is 3.64. The van der Waals surface area contributed by atoms with Crippen molar-refractivity contribution < 1.29 is 9.50 Å². The largest absolute Gasteiger partial charge is 0.391 e. The van der Waals surface area contributed by atoms with E-state index in [-0.39, 0.29) is 18.5 Å². The summed E-state index contributed by atoms with van der Waals surface area (Å²) in [5, 5.41) is 9.88. The van der Waals surface area contributed by atoms with Crippen molar-refractivity contribution in [1.82, 2.24) is 0 Å². The van der Waals surface area contributed by atoms with Gasteiger partial charge in [-0.15, -0.1) is 0 Å². The molecule has 3 N–H and O–H groups in total. The first-order valence-corrected chi connectivity index (χ1v) is 6.04. The number of nitrogens with two attached hydrogens (primary N) is 1. The third kappa shape index (κ3) is 2.42. The van der Waals surface area contributed by atoms with Crippen molar-refractivity contribution in [1.29, 1.82) is 0 Å². The Bertz CT molecular complexity index is 397. The molecule has 0 aliphatic carbocycles. The van der Waals surface area contributed by atoms with Gasteiger partial charge >= 0.3 is 0 Å². The summed E-state index contributed by atoms with van der Waals surface area (Å²) in [4.78, 5) is 2.02. The molecule has 2 rings (SSSR count). The molecule has 2 atom stereocenters. The van der Waals surface area contributed by atoms with E-state index in [0.29, 0.717) is 18.0 Å². The number of aliphatic hydroxyl groups is 1. The zero-order valence-electron chi connectivity index (χ0n) is 10.1. The van der Waals surface area contributed by atoms with E-state index in [0.717, 1.165) is 18.7 Å². The highest BCUT2D eigenvalue weighted by atomic mass is 19.1. The highest BCUT2D eigenvalue weighted by Crippen LogP contribution is 2.27. The van der Waals surface area contributed by atoms with Crippen LogP contribution in [0.25, 0.3) is 0 Å². The monoisotopic (exact) mass is 238 g/mol. The number of anilines is 1. The van der Waals surface area contributed by atoms with Crippen LogP contribution in [0.4, 0.5) is 10.1 Å². The normalized spacial score (nSPS) is 25.1. The van der Waals surface area contributed by atoms with Crippen LogP contribution < -0.4 is 10.6 Å². The molecule has 0 amide bonds. The molecule has 2 unspecified atom stereocenters. The van der Waals surface area contributed by atoms with Gasteiger partial charge in [-0.1, -0.05) is 13.0 Å². The third-order valence-corrected chi connectivity index (χ3v) is 3.56. The van der Waals surface area contributed by atoms with E-state index in [9.17, 15) is 9.50 Å². The van der Waals surface area contributed by atoms with E-state index >= 15 is 0 Å². The van der Waals surface area contributed by atoms with Crippen molar-refractivity contribution in [3.05, 3.63) is 29.6 Å². The van der Waals surface area contributed by atoms with Gasteiger partial charge in [0.15, 0.2) is 0 Å². The molecule has 1 aromatic rings. The molecule has 1 aliphatic heterocycles. The van der Waals surface area contributed by atoms with Crippen LogP contribution in [-0.4, -0.2) is 24.3 Å². The first-order valence-electron chi connectivity index (χ1n) is 6.04. The van der Waals surface area contributed by atoms with Gasteiger partial charge in [0.05, 0.1) is 6.10 Å². The molecule has 94 valence electrons. The second-order valence-electron chi connectivity index (χ2n) is 4.72. The second-order valence-corrected chi connectivity index (χ2v) is 4.72. The van der Waals surface area contributed by atoms with Crippen LogP contribution in [0.2, 0.25) is 0 Å². The van der Waals surface area contributed by atoms with Crippen molar-refractivity contribution in [3.8, 4) is 0 Å². The van der Waals surface area contributed by atoms with Gasteiger partial charge in [0.2, 0.25) is 0 Å². The minimum atomic E-state index is -0.349. The van der Waals surface area contributed by atoms with Crippen molar-refractivity contribution in [2.45, 2.75) is 26.0 Å². The maximum absolute atomic E-state index is 13.6. The highest BCUT2D eigenvalue weighted by Gasteiger charge is 2.25. The highest BCUT2D eigenvalue weighted by molar-refractivity contribution is 5.54. The molecule has 1 fully saturated rings. The van der Waals surface area contributed by atoms with Crippen LogP contribution in [0.15, 0.2) is 18.2 Å². The fourth-order valence-corrected chi connectivity index (χ4v) is 2.31. The van der Waals surface area contributed by atoms with Crippen LogP contribution >= 0.6 is 0 Å². The Labute approximate surface area is 101 Å². The van der Waals surface area contributed by atoms with Gasteiger partial charge in [0, 0.05) is 30.9 Å². The van der Waals surface area contributed by atoms with E-state index in [2.05, 4.69) is 0 Å². The molecule has 1 aromatic carbocycles. The van der Waals surface area contributed by atoms with Gasteiger partial charge in [-0.2, -0.15) is 0 Å². The number of benzene rings is 1. The van der Waals surface area contributed by atoms with Gasteiger partial charge in [0.25, 0.3) is 0 Å². The van der Waals surface area contributed by atoms with Crippen LogP contribution in [-0.2, 0) is 6.54 Å². The quantitative estimate of drug-likeness (QED) is 0.820. The number of nitrogens with zero attached hydrogens (tertiary/aromatic N) is 1. The van der Waals surface area contributed by atoms with Gasteiger partial charge in [-0.3, -0.25) is 0 Å². The lowest BCUT2D eigenvalue weighted by Crippen LogP contribution is -2.43. The maximum atomic E-state index is 13.6. The average molecular weight is 238 g/mol. The summed E-state index contributed by atoms with van der Waals surface area (Å²) in [6.45, 7) is 3.62. The lowest BCUT2D eigenvalue weighted by atomic mass is 9.95. The summed E-state index contributed by atoms with van der Waals surface area (Å²) >= 11 is 0. The first-order chi connectivity index (χ1) is 8.13. The van der Waals surface area contributed by atoms with Crippen LogP contribution in [0.1, 0.15) is 18.9 Å². The molecule has 0 saturated carbocycles. The first kappa shape index (κ1) is 12.3. The predicted molar refractivity (Wildman–Crippen MR) is 66.3 cm³/mol. The van der Waals surface area contributed by atoms with Crippen molar-refractivity contribution in [2.24, 2.45) is 11.7 Å². The van der Waals surface area contributed by atoms with E-state index in [1.807, 2.05) is 17.9 Å². The molecule has 3 nitrogen and oxygen atoms in total. The Balaban J connectivity index is 2.25. The topological polar surface area (TPSA) is 49.5 Å². The summed E-state index contributed by atoms with van der Waals surface area (Å²) in [6, 6.07) is 4.98. The van der Waals surface area contributed by atoms with Crippen LogP contribution in [0, 0.1) is 11.7 Å². The number of β-amino-alcohol motifs (C(OH)–C–C–N with tert-alkyl or cyclic N) is 1. The fourth-order valence-electron chi connectivity index (χ4n) is 2.31. The molecule has 0 radical (unpaired) electrons. The summed E-state index contributed by atoms with van der Waals surface area (Å²) < 4.78 is 13.6. The van der Waals surface area contributed by atoms with Crippen molar-refractivity contribution in [2.75, 3.05) is 18.0 Å². The standard InChI is InChI=1S/C13H19FN2O/c1-9-5-6-16(8-13(9)17)12-4-2-3-11(14)10(12)7-15/h2-4,9,13,17H,5-8,15H2,1H3.